The van der Waals surface area contributed by atoms with E-state index in [2.05, 4.69) is 47.0 Å². The lowest BCUT2D eigenvalue weighted by atomic mass is 10.2. The van der Waals surface area contributed by atoms with Gasteiger partial charge in [-0.05, 0) is 53.1 Å². The summed E-state index contributed by atoms with van der Waals surface area (Å²) in [6.07, 6.45) is 2.56. The second kappa shape index (κ2) is 3.96. The van der Waals surface area contributed by atoms with Gasteiger partial charge < -0.3 is 11.1 Å². The summed E-state index contributed by atoms with van der Waals surface area (Å²) < 4.78 is 1.19. The van der Waals surface area contributed by atoms with Crippen molar-refractivity contribution in [1.82, 2.24) is 0 Å². The second-order valence-electron chi connectivity index (χ2n) is 3.89. The summed E-state index contributed by atoms with van der Waals surface area (Å²) in [7, 11) is 0. The minimum absolute atomic E-state index is 0.655. The van der Waals surface area contributed by atoms with Crippen LogP contribution in [-0.2, 0) is 0 Å². The van der Waals surface area contributed by atoms with E-state index in [0.717, 1.165) is 17.3 Å². The summed E-state index contributed by atoms with van der Waals surface area (Å²) in [6, 6.07) is 6.82. The molecule has 2 atom stereocenters. The topological polar surface area (TPSA) is 38.0 Å². The molecule has 1 aliphatic carbocycles. The van der Waals surface area contributed by atoms with Gasteiger partial charge in [0.25, 0.3) is 0 Å². The van der Waals surface area contributed by atoms with E-state index in [1.807, 2.05) is 6.07 Å². The van der Waals surface area contributed by atoms with Gasteiger partial charge in [0.1, 0.15) is 0 Å². The molecule has 3 N–H and O–H groups in total. The van der Waals surface area contributed by atoms with Crippen LogP contribution in [0.5, 0.6) is 0 Å². The van der Waals surface area contributed by atoms with E-state index in [9.17, 15) is 0 Å². The van der Waals surface area contributed by atoms with Crippen molar-refractivity contribution in [2.75, 3.05) is 11.1 Å². The molecule has 1 aromatic carbocycles. The van der Waals surface area contributed by atoms with Crippen molar-refractivity contribution in [3.05, 3.63) is 21.8 Å². The highest BCUT2D eigenvalue weighted by Crippen LogP contribution is 2.37. The van der Waals surface area contributed by atoms with Crippen LogP contribution in [0.25, 0.3) is 0 Å². The fraction of sp³-hybridized carbons (Fsp3) is 0.455. The fourth-order valence-corrected chi connectivity index (χ4v) is 2.26. The molecule has 0 aromatic heterocycles. The summed E-state index contributed by atoms with van der Waals surface area (Å²) in [5.41, 5.74) is 7.87. The molecular formula is C11H15IN2. The van der Waals surface area contributed by atoms with Crippen molar-refractivity contribution in [2.24, 2.45) is 5.92 Å². The molecule has 1 saturated carbocycles. The molecule has 14 heavy (non-hydrogen) atoms. The van der Waals surface area contributed by atoms with Gasteiger partial charge >= 0.3 is 0 Å². The Morgan fingerprint density at radius 2 is 2.36 bits per heavy atom. The molecule has 1 aliphatic rings. The first-order chi connectivity index (χ1) is 6.70. The van der Waals surface area contributed by atoms with Gasteiger partial charge in [0.15, 0.2) is 0 Å². The van der Waals surface area contributed by atoms with Crippen molar-refractivity contribution in [2.45, 2.75) is 25.8 Å². The Morgan fingerprint density at radius 1 is 1.57 bits per heavy atom. The highest BCUT2D eigenvalue weighted by Gasteiger charge is 2.35. The van der Waals surface area contributed by atoms with Gasteiger partial charge in [-0.25, -0.2) is 0 Å². The zero-order valence-corrected chi connectivity index (χ0v) is 10.4. The first-order valence-corrected chi connectivity index (χ1v) is 6.10. The number of hydrogen-bond donors (Lipinski definition) is 2. The van der Waals surface area contributed by atoms with Crippen LogP contribution < -0.4 is 11.1 Å². The predicted octanol–water partition coefficient (Wildman–Crippen LogP) is 3.08. The molecule has 3 heteroatoms. The first kappa shape index (κ1) is 10.1. The summed E-state index contributed by atoms with van der Waals surface area (Å²) in [5, 5.41) is 3.48. The molecule has 0 bridgehead atoms. The van der Waals surface area contributed by atoms with E-state index in [-0.39, 0.29) is 0 Å². The Bertz CT molecular complexity index is 338. The number of benzene rings is 1. The number of hydrogen-bond acceptors (Lipinski definition) is 2. The monoisotopic (exact) mass is 302 g/mol. The molecule has 76 valence electrons. The minimum Gasteiger partial charge on any atom is -0.397 e. The number of rotatable bonds is 3. The number of nitrogens with two attached hydrogens (primary N) is 1. The van der Waals surface area contributed by atoms with E-state index < -0.39 is 0 Å². The third-order valence-electron chi connectivity index (χ3n) is 2.80. The molecular weight excluding hydrogens is 287 g/mol. The third kappa shape index (κ3) is 2.13. The molecule has 0 saturated heterocycles. The molecule has 0 radical (unpaired) electrons. The van der Waals surface area contributed by atoms with Crippen LogP contribution in [0.2, 0.25) is 0 Å². The van der Waals surface area contributed by atoms with Gasteiger partial charge in [-0.1, -0.05) is 13.3 Å². The molecule has 1 aromatic rings. The SMILES string of the molecule is CCC1CC1Nc1ccc(I)cc1N. The standard InChI is InChI=1S/C11H15IN2/c1-2-7-5-11(7)14-10-4-3-8(12)6-9(10)13/h3-4,6-7,11,14H,2,5,13H2,1H3. The van der Waals surface area contributed by atoms with Gasteiger partial charge in [0, 0.05) is 9.61 Å². The molecule has 2 rings (SSSR count). The Balaban J connectivity index is 2.03. The Hall–Kier alpha value is -0.450. The van der Waals surface area contributed by atoms with Gasteiger partial charge in [-0.3, -0.25) is 0 Å². The average Bonchev–Trinajstić information content (AvgIpc) is 2.89. The quantitative estimate of drug-likeness (QED) is 0.665. The maximum Gasteiger partial charge on any atom is 0.0576 e. The number of anilines is 2. The lowest BCUT2D eigenvalue weighted by Gasteiger charge is -2.08. The summed E-state index contributed by atoms with van der Waals surface area (Å²) >= 11 is 2.28. The summed E-state index contributed by atoms with van der Waals surface area (Å²) in [4.78, 5) is 0. The van der Waals surface area contributed by atoms with Crippen molar-refractivity contribution >= 4 is 34.0 Å². The first-order valence-electron chi connectivity index (χ1n) is 5.02. The minimum atomic E-state index is 0.655. The molecule has 0 spiro atoms. The average molecular weight is 302 g/mol. The molecule has 0 heterocycles. The van der Waals surface area contributed by atoms with Crippen molar-refractivity contribution < 1.29 is 0 Å². The van der Waals surface area contributed by atoms with Crippen LogP contribution >= 0.6 is 22.6 Å². The van der Waals surface area contributed by atoms with Gasteiger partial charge in [-0.2, -0.15) is 0 Å². The maximum absolute atomic E-state index is 5.92. The number of nitrogen functional groups attached to an aromatic ring is 1. The fourth-order valence-electron chi connectivity index (χ4n) is 1.74. The Kier molecular flexibility index (Phi) is 2.85. The normalized spacial score (nSPS) is 24.7. The van der Waals surface area contributed by atoms with E-state index >= 15 is 0 Å². The van der Waals surface area contributed by atoms with E-state index in [4.69, 9.17) is 5.73 Å². The second-order valence-corrected chi connectivity index (χ2v) is 5.13. The largest absolute Gasteiger partial charge is 0.397 e. The summed E-state index contributed by atoms with van der Waals surface area (Å²) in [6.45, 7) is 2.24. The highest BCUT2D eigenvalue weighted by atomic mass is 127. The van der Waals surface area contributed by atoms with Crippen molar-refractivity contribution in [3.63, 3.8) is 0 Å². The zero-order chi connectivity index (χ0) is 10.1. The van der Waals surface area contributed by atoms with E-state index in [1.165, 1.54) is 16.4 Å². The molecule has 1 fully saturated rings. The lowest BCUT2D eigenvalue weighted by Crippen LogP contribution is -2.06. The lowest BCUT2D eigenvalue weighted by molar-refractivity contribution is 0.775. The van der Waals surface area contributed by atoms with Crippen LogP contribution in [0, 0.1) is 9.49 Å². The highest BCUT2D eigenvalue weighted by molar-refractivity contribution is 14.1. The van der Waals surface area contributed by atoms with Gasteiger partial charge in [0.2, 0.25) is 0 Å². The van der Waals surface area contributed by atoms with Crippen LogP contribution in [0.4, 0.5) is 11.4 Å². The van der Waals surface area contributed by atoms with Crippen LogP contribution in [0.1, 0.15) is 19.8 Å². The molecule has 2 nitrogen and oxygen atoms in total. The smallest absolute Gasteiger partial charge is 0.0576 e. The van der Waals surface area contributed by atoms with Gasteiger partial charge in [0.05, 0.1) is 11.4 Å². The van der Waals surface area contributed by atoms with Gasteiger partial charge in [-0.15, -0.1) is 0 Å². The molecule has 2 unspecified atom stereocenters. The van der Waals surface area contributed by atoms with E-state index in [1.54, 1.807) is 0 Å². The Morgan fingerprint density at radius 3 is 2.93 bits per heavy atom. The van der Waals surface area contributed by atoms with Crippen LogP contribution in [-0.4, -0.2) is 6.04 Å². The molecule has 0 aliphatic heterocycles. The van der Waals surface area contributed by atoms with E-state index in [0.29, 0.717) is 6.04 Å². The Labute approximate surface area is 98.4 Å². The van der Waals surface area contributed by atoms with Crippen LogP contribution in [0.3, 0.4) is 0 Å². The summed E-state index contributed by atoms with van der Waals surface area (Å²) in [5.74, 6) is 0.855. The number of halogens is 1. The number of nitrogens with one attached hydrogen (secondary N) is 1. The molecule has 0 amide bonds. The predicted molar refractivity (Wildman–Crippen MR) is 69.4 cm³/mol. The third-order valence-corrected chi connectivity index (χ3v) is 3.47. The van der Waals surface area contributed by atoms with Crippen molar-refractivity contribution in [3.8, 4) is 0 Å². The van der Waals surface area contributed by atoms with Crippen molar-refractivity contribution in [1.29, 1.82) is 0 Å². The zero-order valence-electron chi connectivity index (χ0n) is 8.26. The van der Waals surface area contributed by atoms with Crippen LogP contribution in [0.15, 0.2) is 18.2 Å². The maximum atomic E-state index is 5.92.